The molecular formula is C15H18BrNO2. The Labute approximate surface area is 122 Å². The second kappa shape index (κ2) is 5.88. The van der Waals surface area contributed by atoms with Crippen LogP contribution in [0.15, 0.2) is 34.8 Å². The van der Waals surface area contributed by atoms with Gasteiger partial charge < -0.3 is 10.0 Å². The van der Waals surface area contributed by atoms with Crippen LogP contribution in [0.3, 0.4) is 0 Å². The number of benzene rings is 1. The van der Waals surface area contributed by atoms with Crippen molar-refractivity contribution in [2.24, 2.45) is 0 Å². The number of carbonyl (C=O) groups excluding carboxylic acids is 1. The van der Waals surface area contributed by atoms with Gasteiger partial charge in [0.25, 0.3) is 0 Å². The van der Waals surface area contributed by atoms with E-state index in [0.717, 1.165) is 22.9 Å². The van der Waals surface area contributed by atoms with Crippen LogP contribution in [0, 0.1) is 0 Å². The average Bonchev–Trinajstić information content (AvgIpc) is 2.33. The zero-order valence-corrected chi connectivity index (χ0v) is 12.6. The topological polar surface area (TPSA) is 40.5 Å². The summed E-state index contributed by atoms with van der Waals surface area (Å²) in [5, 5.41) is 10.0. The number of likely N-dealkylation sites (tertiary alicyclic amines) is 1. The van der Waals surface area contributed by atoms with E-state index in [1.54, 1.807) is 17.1 Å². The summed E-state index contributed by atoms with van der Waals surface area (Å²) in [5.41, 5.74) is 0.320. The largest absolute Gasteiger partial charge is 0.386 e. The molecule has 1 heterocycles. The van der Waals surface area contributed by atoms with Gasteiger partial charge in [0.05, 0.1) is 18.7 Å². The summed E-state index contributed by atoms with van der Waals surface area (Å²) in [5.74, 6) is -0.0410. The van der Waals surface area contributed by atoms with Crippen molar-refractivity contribution in [2.45, 2.75) is 25.4 Å². The van der Waals surface area contributed by atoms with Crippen LogP contribution in [-0.4, -0.2) is 34.6 Å². The van der Waals surface area contributed by atoms with Crippen LogP contribution in [0.4, 0.5) is 0 Å². The third-order valence-electron chi connectivity index (χ3n) is 3.26. The Kier molecular flexibility index (Phi) is 4.42. The molecule has 1 saturated heterocycles. The Morgan fingerprint density at radius 3 is 2.89 bits per heavy atom. The first-order chi connectivity index (χ1) is 9.02. The molecule has 102 valence electrons. The summed E-state index contributed by atoms with van der Waals surface area (Å²) >= 11 is 3.39. The summed E-state index contributed by atoms with van der Waals surface area (Å²) in [7, 11) is 0. The Morgan fingerprint density at radius 2 is 2.26 bits per heavy atom. The van der Waals surface area contributed by atoms with E-state index in [1.165, 1.54) is 0 Å². The van der Waals surface area contributed by atoms with Crippen molar-refractivity contribution in [1.82, 2.24) is 4.90 Å². The molecule has 1 amide bonds. The molecule has 19 heavy (non-hydrogen) atoms. The van der Waals surface area contributed by atoms with Crippen molar-refractivity contribution in [3.05, 3.63) is 40.4 Å². The SMILES string of the molecule is CCCC1(O)CN(C(=O)C=Cc2cccc(Br)c2)C1. The van der Waals surface area contributed by atoms with Gasteiger partial charge in [0.2, 0.25) is 5.91 Å². The van der Waals surface area contributed by atoms with Crippen LogP contribution in [0.25, 0.3) is 6.08 Å². The van der Waals surface area contributed by atoms with Crippen LogP contribution >= 0.6 is 15.9 Å². The lowest BCUT2D eigenvalue weighted by atomic mass is 9.89. The summed E-state index contributed by atoms with van der Waals surface area (Å²) < 4.78 is 0.989. The fraction of sp³-hybridized carbons (Fsp3) is 0.400. The van der Waals surface area contributed by atoms with Crippen LogP contribution < -0.4 is 0 Å². The molecule has 1 aromatic rings. The molecule has 3 nitrogen and oxygen atoms in total. The molecule has 1 aromatic carbocycles. The van der Waals surface area contributed by atoms with E-state index in [-0.39, 0.29) is 5.91 Å². The lowest BCUT2D eigenvalue weighted by Crippen LogP contribution is -2.63. The quantitative estimate of drug-likeness (QED) is 0.865. The highest BCUT2D eigenvalue weighted by Crippen LogP contribution is 2.26. The van der Waals surface area contributed by atoms with Crippen molar-refractivity contribution in [2.75, 3.05) is 13.1 Å². The minimum absolute atomic E-state index is 0.0410. The van der Waals surface area contributed by atoms with Crippen LogP contribution in [0.1, 0.15) is 25.3 Å². The fourth-order valence-electron chi connectivity index (χ4n) is 2.33. The van der Waals surface area contributed by atoms with E-state index < -0.39 is 5.60 Å². The first-order valence-electron chi connectivity index (χ1n) is 6.47. The number of rotatable bonds is 4. The molecule has 1 N–H and O–H groups in total. The minimum Gasteiger partial charge on any atom is -0.386 e. The van der Waals surface area contributed by atoms with E-state index in [4.69, 9.17) is 0 Å². The number of aliphatic hydroxyl groups is 1. The highest BCUT2D eigenvalue weighted by atomic mass is 79.9. The number of carbonyl (C=O) groups is 1. The smallest absolute Gasteiger partial charge is 0.246 e. The molecule has 0 spiro atoms. The van der Waals surface area contributed by atoms with Gasteiger partial charge in [-0.15, -0.1) is 0 Å². The molecule has 2 rings (SSSR count). The van der Waals surface area contributed by atoms with Crippen LogP contribution in [0.5, 0.6) is 0 Å². The molecule has 4 heteroatoms. The zero-order chi connectivity index (χ0) is 13.9. The second-order valence-electron chi connectivity index (χ2n) is 5.06. The third-order valence-corrected chi connectivity index (χ3v) is 3.76. The molecule has 0 aromatic heterocycles. The van der Waals surface area contributed by atoms with Gasteiger partial charge in [-0.25, -0.2) is 0 Å². The Hall–Kier alpha value is -1.13. The average molecular weight is 324 g/mol. The molecule has 1 fully saturated rings. The Balaban J connectivity index is 1.89. The van der Waals surface area contributed by atoms with Gasteiger partial charge in [-0.1, -0.05) is 41.4 Å². The van der Waals surface area contributed by atoms with Crippen molar-refractivity contribution in [3.8, 4) is 0 Å². The van der Waals surface area contributed by atoms with E-state index in [0.29, 0.717) is 13.1 Å². The maximum absolute atomic E-state index is 11.9. The van der Waals surface area contributed by atoms with Gasteiger partial charge in [-0.3, -0.25) is 4.79 Å². The number of hydrogen-bond donors (Lipinski definition) is 1. The van der Waals surface area contributed by atoms with Crippen molar-refractivity contribution >= 4 is 27.9 Å². The maximum atomic E-state index is 11.9. The number of halogens is 1. The van der Waals surface area contributed by atoms with Gasteiger partial charge in [0.1, 0.15) is 0 Å². The number of hydrogen-bond acceptors (Lipinski definition) is 2. The molecular weight excluding hydrogens is 306 g/mol. The summed E-state index contributed by atoms with van der Waals surface area (Å²) in [6.07, 6.45) is 5.05. The summed E-state index contributed by atoms with van der Waals surface area (Å²) in [6, 6.07) is 7.77. The van der Waals surface area contributed by atoms with Gasteiger partial charge in [0, 0.05) is 10.5 Å². The molecule has 0 radical (unpaired) electrons. The van der Waals surface area contributed by atoms with Gasteiger partial charge in [-0.05, 0) is 30.2 Å². The van der Waals surface area contributed by atoms with E-state index in [2.05, 4.69) is 15.9 Å². The Morgan fingerprint density at radius 1 is 1.53 bits per heavy atom. The van der Waals surface area contributed by atoms with E-state index in [1.807, 2.05) is 31.2 Å². The third kappa shape index (κ3) is 3.67. The zero-order valence-electron chi connectivity index (χ0n) is 11.0. The van der Waals surface area contributed by atoms with Gasteiger partial charge in [-0.2, -0.15) is 0 Å². The molecule has 1 aliphatic rings. The molecule has 0 saturated carbocycles. The predicted molar refractivity (Wildman–Crippen MR) is 79.6 cm³/mol. The first-order valence-corrected chi connectivity index (χ1v) is 7.27. The van der Waals surface area contributed by atoms with Gasteiger partial charge in [0.15, 0.2) is 0 Å². The number of β-amino-alcohol motifs (C(OH)–C–C–N with tert-alkyl or cyclic N) is 1. The normalized spacial score (nSPS) is 17.5. The highest BCUT2D eigenvalue weighted by Gasteiger charge is 2.41. The molecule has 1 aliphatic heterocycles. The van der Waals surface area contributed by atoms with Gasteiger partial charge >= 0.3 is 0 Å². The molecule has 0 bridgehead atoms. The number of nitrogens with zero attached hydrogens (tertiary/aromatic N) is 1. The summed E-state index contributed by atoms with van der Waals surface area (Å²) in [4.78, 5) is 13.6. The first kappa shape index (κ1) is 14.3. The van der Waals surface area contributed by atoms with Crippen LogP contribution in [0.2, 0.25) is 0 Å². The van der Waals surface area contributed by atoms with Crippen molar-refractivity contribution in [1.29, 1.82) is 0 Å². The highest BCUT2D eigenvalue weighted by molar-refractivity contribution is 9.10. The molecule has 0 atom stereocenters. The lowest BCUT2D eigenvalue weighted by Gasteiger charge is -2.46. The van der Waals surface area contributed by atoms with Crippen LogP contribution in [-0.2, 0) is 4.79 Å². The van der Waals surface area contributed by atoms with Crippen molar-refractivity contribution < 1.29 is 9.90 Å². The van der Waals surface area contributed by atoms with E-state index in [9.17, 15) is 9.90 Å². The summed E-state index contributed by atoms with van der Waals surface area (Å²) in [6.45, 7) is 2.93. The Bertz CT molecular complexity index is 493. The number of amides is 1. The maximum Gasteiger partial charge on any atom is 0.246 e. The fourth-order valence-corrected chi connectivity index (χ4v) is 2.74. The lowest BCUT2D eigenvalue weighted by molar-refractivity contribution is -0.151. The minimum atomic E-state index is -0.659. The van der Waals surface area contributed by atoms with E-state index >= 15 is 0 Å². The molecule has 0 unspecified atom stereocenters. The predicted octanol–water partition coefficient (Wildman–Crippen LogP) is 2.84. The standard InChI is InChI=1S/C15H18BrNO2/c1-2-8-15(19)10-17(11-15)14(18)7-6-12-4-3-5-13(16)9-12/h3-7,9,19H,2,8,10-11H2,1H3. The molecule has 0 aliphatic carbocycles. The second-order valence-corrected chi connectivity index (χ2v) is 5.97. The van der Waals surface area contributed by atoms with Crippen molar-refractivity contribution in [3.63, 3.8) is 0 Å². The monoisotopic (exact) mass is 323 g/mol.